The molecule has 1 aromatic carbocycles. The van der Waals surface area contributed by atoms with Crippen LogP contribution >= 0.6 is 24.4 Å². The Morgan fingerprint density at radius 3 is 2.65 bits per heavy atom. The maximum Gasteiger partial charge on any atom is 0.242 e. The average molecular weight is 265 g/mol. The molecule has 0 amide bonds. The summed E-state index contributed by atoms with van der Waals surface area (Å²) < 4.78 is 2.02. The summed E-state index contributed by atoms with van der Waals surface area (Å²) in [5.41, 5.74) is 1.84. The lowest BCUT2D eigenvalue weighted by Crippen LogP contribution is -2.07. The van der Waals surface area contributed by atoms with Crippen LogP contribution in [0.15, 0.2) is 24.3 Å². The summed E-state index contributed by atoms with van der Waals surface area (Å²) in [6, 6.07) is 7.69. The molecule has 0 radical (unpaired) electrons. The van der Waals surface area contributed by atoms with E-state index in [1.807, 2.05) is 31.2 Å². The first-order valence-corrected chi connectivity index (χ1v) is 5.92. The number of H-pyrrole nitrogens is 1. The van der Waals surface area contributed by atoms with Gasteiger partial charge in [-0.3, -0.25) is 0 Å². The highest BCUT2D eigenvalue weighted by Gasteiger charge is 2.00. The van der Waals surface area contributed by atoms with Crippen molar-refractivity contribution in [1.82, 2.24) is 20.2 Å². The summed E-state index contributed by atoms with van der Waals surface area (Å²) >= 11 is 10.1. The monoisotopic (exact) mass is 265 g/mol. The molecule has 17 heavy (non-hydrogen) atoms. The Kier molecular flexibility index (Phi) is 3.60. The normalized spacial score (nSPS) is 10.2. The van der Waals surface area contributed by atoms with E-state index in [9.17, 15) is 0 Å². The number of nitrogens with one attached hydrogen (secondary N) is 2. The summed E-state index contributed by atoms with van der Waals surface area (Å²) in [5.74, 6) is 0. The van der Waals surface area contributed by atoms with Crippen molar-refractivity contribution in [2.24, 2.45) is 0 Å². The van der Waals surface area contributed by atoms with Crippen molar-refractivity contribution in [2.45, 2.75) is 13.3 Å². The maximum absolute atomic E-state index is 5.11. The highest BCUT2D eigenvalue weighted by Crippen LogP contribution is 2.12. The van der Waals surface area contributed by atoms with Crippen molar-refractivity contribution >= 4 is 35.1 Å². The second-order valence-corrected chi connectivity index (χ2v) is 4.22. The van der Waals surface area contributed by atoms with Crippen LogP contribution in [0.3, 0.4) is 0 Å². The molecule has 0 aliphatic heterocycles. The predicted octanol–water partition coefficient (Wildman–Crippen LogP) is 2.47. The van der Waals surface area contributed by atoms with Gasteiger partial charge in [0.15, 0.2) is 0 Å². The summed E-state index contributed by atoms with van der Waals surface area (Å²) in [5, 5.41) is 13.2. The van der Waals surface area contributed by atoms with Crippen LogP contribution in [0.4, 0.5) is 5.69 Å². The molecular formula is C10H11N5S2. The number of nitrogens with zero attached hydrogens (tertiary/aromatic N) is 3. The Bertz CT molecular complexity index is 569. The molecule has 1 heterocycles. The number of rotatable bonds is 3. The van der Waals surface area contributed by atoms with Crippen LogP contribution in [0.5, 0.6) is 0 Å². The van der Waals surface area contributed by atoms with Crippen molar-refractivity contribution in [1.29, 1.82) is 0 Å². The van der Waals surface area contributed by atoms with Crippen LogP contribution in [0.25, 0.3) is 5.69 Å². The fraction of sp³-hybridized carbons (Fsp3) is 0.200. The third-order valence-electron chi connectivity index (χ3n) is 2.20. The second-order valence-electron chi connectivity index (χ2n) is 3.37. The highest BCUT2D eigenvalue weighted by atomic mass is 32.1. The SMILES string of the molecule is CCC(=S)Nc1ccc(-n2[nH]nnc2=S)cc1. The third kappa shape index (κ3) is 2.75. The smallest absolute Gasteiger partial charge is 0.242 e. The van der Waals surface area contributed by atoms with Gasteiger partial charge in [0, 0.05) is 5.69 Å². The van der Waals surface area contributed by atoms with E-state index in [0.29, 0.717) is 4.77 Å². The van der Waals surface area contributed by atoms with E-state index in [-0.39, 0.29) is 0 Å². The Labute approximate surface area is 109 Å². The van der Waals surface area contributed by atoms with Crippen LogP contribution in [0.1, 0.15) is 13.3 Å². The number of aromatic amines is 1. The molecule has 0 bridgehead atoms. The van der Waals surface area contributed by atoms with Gasteiger partial charge >= 0.3 is 0 Å². The van der Waals surface area contributed by atoms with Gasteiger partial charge in [-0.2, -0.15) is 5.21 Å². The first-order chi connectivity index (χ1) is 8.20. The minimum Gasteiger partial charge on any atom is -0.350 e. The quantitative estimate of drug-likeness (QED) is 0.835. The molecule has 0 atom stereocenters. The van der Waals surface area contributed by atoms with E-state index in [4.69, 9.17) is 24.4 Å². The van der Waals surface area contributed by atoms with E-state index in [1.165, 1.54) is 0 Å². The second kappa shape index (κ2) is 5.15. The zero-order chi connectivity index (χ0) is 12.3. The standard InChI is InChI=1S/C10H11N5S2/c1-2-9(16)11-7-3-5-8(6-4-7)15-10(17)12-13-14-15/h3-6H,2H2,1H3,(H,11,16)(H,12,14,17). The summed E-state index contributed by atoms with van der Waals surface area (Å²) in [6.07, 6.45) is 0.826. The predicted molar refractivity (Wildman–Crippen MR) is 73.1 cm³/mol. The Morgan fingerprint density at radius 2 is 2.12 bits per heavy atom. The molecule has 5 nitrogen and oxygen atoms in total. The Hall–Kier alpha value is -1.60. The lowest BCUT2D eigenvalue weighted by atomic mass is 10.3. The first kappa shape index (κ1) is 11.9. The number of anilines is 1. The molecule has 7 heteroatoms. The van der Waals surface area contributed by atoms with Crippen molar-refractivity contribution in [3.63, 3.8) is 0 Å². The zero-order valence-electron chi connectivity index (χ0n) is 9.17. The average Bonchev–Trinajstić information content (AvgIpc) is 2.76. The molecule has 0 spiro atoms. The van der Waals surface area contributed by atoms with E-state index in [2.05, 4.69) is 20.8 Å². The lowest BCUT2D eigenvalue weighted by molar-refractivity contribution is 0.786. The molecule has 2 N–H and O–H groups in total. The lowest BCUT2D eigenvalue weighted by Gasteiger charge is -2.06. The largest absolute Gasteiger partial charge is 0.350 e. The molecule has 0 aliphatic rings. The van der Waals surface area contributed by atoms with Crippen molar-refractivity contribution in [2.75, 3.05) is 5.32 Å². The van der Waals surface area contributed by atoms with Gasteiger partial charge in [-0.1, -0.05) is 29.5 Å². The van der Waals surface area contributed by atoms with Crippen LogP contribution < -0.4 is 5.32 Å². The van der Waals surface area contributed by atoms with Gasteiger partial charge in [0.25, 0.3) is 0 Å². The molecule has 88 valence electrons. The van der Waals surface area contributed by atoms with Crippen LogP contribution in [0.2, 0.25) is 0 Å². The van der Waals surface area contributed by atoms with Crippen molar-refractivity contribution < 1.29 is 0 Å². The van der Waals surface area contributed by atoms with Crippen LogP contribution in [0, 0.1) is 4.77 Å². The summed E-state index contributed by atoms with van der Waals surface area (Å²) in [7, 11) is 0. The number of hydrogen-bond acceptors (Lipinski definition) is 4. The number of hydrogen-bond donors (Lipinski definition) is 2. The van der Waals surface area contributed by atoms with Gasteiger partial charge in [-0.25, -0.2) is 4.68 Å². The molecule has 0 fully saturated rings. The van der Waals surface area contributed by atoms with Crippen molar-refractivity contribution in [3.05, 3.63) is 29.0 Å². The van der Waals surface area contributed by atoms with Gasteiger partial charge in [-0.15, -0.1) is 0 Å². The molecule has 0 aliphatic carbocycles. The number of thiocarbonyl (C=S) groups is 1. The number of benzene rings is 1. The van der Waals surface area contributed by atoms with Gasteiger partial charge in [0.05, 0.1) is 10.7 Å². The van der Waals surface area contributed by atoms with E-state index in [1.54, 1.807) is 4.68 Å². The molecule has 2 rings (SSSR count). The molecule has 2 aromatic rings. The van der Waals surface area contributed by atoms with Crippen LogP contribution in [-0.4, -0.2) is 25.2 Å². The van der Waals surface area contributed by atoms with Gasteiger partial charge in [0.1, 0.15) is 0 Å². The molecule has 1 aromatic heterocycles. The summed E-state index contributed by atoms with van der Waals surface area (Å²) in [4.78, 5) is 0.817. The van der Waals surface area contributed by atoms with E-state index in [0.717, 1.165) is 22.8 Å². The number of tetrazole rings is 1. The van der Waals surface area contributed by atoms with Crippen molar-refractivity contribution in [3.8, 4) is 5.69 Å². The summed E-state index contributed by atoms with van der Waals surface area (Å²) in [6.45, 7) is 2.01. The highest BCUT2D eigenvalue weighted by molar-refractivity contribution is 7.80. The van der Waals surface area contributed by atoms with Gasteiger partial charge < -0.3 is 5.32 Å². The first-order valence-electron chi connectivity index (χ1n) is 5.11. The number of aromatic nitrogens is 4. The molecular weight excluding hydrogens is 254 g/mol. The topological polar surface area (TPSA) is 58.5 Å². The molecule has 0 unspecified atom stereocenters. The van der Waals surface area contributed by atoms with E-state index < -0.39 is 0 Å². The minimum absolute atomic E-state index is 0.398. The fourth-order valence-electron chi connectivity index (χ4n) is 1.31. The fourth-order valence-corrected chi connectivity index (χ4v) is 1.61. The minimum atomic E-state index is 0.398. The van der Waals surface area contributed by atoms with Gasteiger partial charge in [0.2, 0.25) is 4.77 Å². The Morgan fingerprint density at radius 1 is 1.41 bits per heavy atom. The Balaban J connectivity index is 2.22. The van der Waals surface area contributed by atoms with Crippen LogP contribution in [-0.2, 0) is 0 Å². The maximum atomic E-state index is 5.11. The molecule has 0 saturated carbocycles. The van der Waals surface area contributed by atoms with Gasteiger partial charge in [-0.05, 0) is 42.9 Å². The van der Waals surface area contributed by atoms with E-state index >= 15 is 0 Å². The molecule has 0 saturated heterocycles. The zero-order valence-corrected chi connectivity index (χ0v) is 10.8. The third-order valence-corrected chi connectivity index (χ3v) is 2.86.